The van der Waals surface area contributed by atoms with Crippen LogP contribution >= 0.6 is 35.6 Å². The number of amides is 3. The summed E-state index contributed by atoms with van der Waals surface area (Å²) in [7, 11) is 1.59. The average Bonchev–Trinajstić information content (AvgIpc) is 2.96. The zero-order valence-electron chi connectivity index (χ0n) is 22.3. The van der Waals surface area contributed by atoms with Gasteiger partial charge in [-0.3, -0.25) is 4.79 Å². The van der Waals surface area contributed by atoms with Gasteiger partial charge in [0.25, 0.3) is 0 Å². The molecule has 0 aliphatic rings. The summed E-state index contributed by atoms with van der Waals surface area (Å²) in [6.45, 7) is 1.72. The first-order chi connectivity index (χ1) is 19.3. The predicted molar refractivity (Wildman–Crippen MR) is 169 cm³/mol. The molecule has 0 aliphatic carbocycles. The summed E-state index contributed by atoms with van der Waals surface area (Å²) in [6, 6.07) is 25.9. The van der Waals surface area contributed by atoms with E-state index in [2.05, 4.69) is 15.6 Å². The number of anilines is 2. The van der Waals surface area contributed by atoms with Crippen molar-refractivity contribution in [3.63, 3.8) is 0 Å². The van der Waals surface area contributed by atoms with E-state index >= 15 is 0 Å². The van der Waals surface area contributed by atoms with E-state index in [1.807, 2.05) is 79.7 Å². The molecule has 1 aromatic heterocycles. The van der Waals surface area contributed by atoms with Gasteiger partial charge in [-0.2, -0.15) is 0 Å². The summed E-state index contributed by atoms with van der Waals surface area (Å²) in [6.07, 6.45) is 0. The molecule has 41 heavy (non-hydrogen) atoms. The van der Waals surface area contributed by atoms with Gasteiger partial charge in [0.1, 0.15) is 12.4 Å². The van der Waals surface area contributed by atoms with E-state index in [0.29, 0.717) is 27.7 Å². The standard InChI is InChI=1S/C31H26Cl2N4O3.ClH/c1-19-28(16-21-9-4-6-12-25(21)35-19)40-18-23-24(32)14-15-27(30(23)33)37(2)29(38)17-34-31(39)36-26-13-7-10-20-8-3-5-11-22(20)26;/h3-16H,17-18H2,1-2H3,(H2,34,36,39);1H. The third kappa shape index (κ3) is 6.65. The highest BCUT2D eigenvalue weighted by Gasteiger charge is 2.20. The normalized spacial score (nSPS) is 10.6. The molecule has 5 aromatic rings. The average molecular weight is 610 g/mol. The molecule has 0 atom stereocenters. The van der Waals surface area contributed by atoms with Crippen LogP contribution in [-0.4, -0.2) is 30.5 Å². The first kappa shape index (κ1) is 29.9. The van der Waals surface area contributed by atoms with Crippen molar-refractivity contribution in [2.45, 2.75) is 13.5 Å². The van der Waals surface area contributed by atoms with Crippen LogP contribution in [0.15, 0.2) is 84.9 Å². The number of aromatic nitrogens is 1. The SMILES string of the molecule is Cc1nc2ccccc2cc1OCc1c(Cl)ccc(N(C)C(=O)CNC(=O)Nc2cccc3ccccc23)c1Cl.Cl. The van der Waals surface area contributed by atoms with Crippen LogP contribution in [0.4, 0.5) is 16.2 Å². The third-order valence-electron chi connectivity index (χ3n) is 6.58. The number of urea groups is 1. The maximum absolute atomic E-state index is 13.0. The molecule has 0 bridgehead atoms. The van der Waals surface area contributed by atoms with Gasteiger partial charge in [-0.1, -0.05) is 77.8 Å². The van der Waals surface area contributed by atoms with Crippen molar-refractivity contribution in [1.82, 2.24) is 10.3 Å². The number of rotatable bonds is 7. The lowest BCUT2D eigenvalue weighted by Crippen LogP contribution is -2.40. The molecule has 0 saturated carbocycles. The molecule has 210 valence electrons. The molecule has 7 nitrogen and oxygen atoms in total. The van der Waals surface area contributed by atoms with Crippen molar-refractivity contribution < 1.29 is 14.3 Å². The minimum Gasteiger partial charge on any atom is -0.487 e. The van der Waals surface area contributed by atoms with Gasteiger partial charge in [0.2, 0.25) is 5.91 Å². The highest BCUT2D eigenvalue weighted by atomic mass is 35.5. The van der Waals surface area contributed by atoms with Crippen LogP contribution in [0.25, 0.3) is 21.7 Å². The van der Waals surface area contributed by atoms with Crippen molar-refractivity contribution in [1.29, 1.82) is 0 Å². The van der Waals surface area contributed by atoms with Crippen molar-refractivity contribution in [3.8, 4) is 5.75 Å². The number of pyridine rings is 1. The molecule has 3 amide bonds. The van der Waals surface area contributed by atoms with E-state index in [-0.39, 0.29) is 36.5 Å². The predicted octanol–water partition coefficient (Wildman–Crippen LogP) is 7.79. The second-order valence-corrected chi connectivity index (χ2v) is 9.98. The van der Waals surface area contributed by atoms with Crippen molar-refractivity contribution in [2.75, 3.05) is 23.8 Å². The molecular weight excluding hydrogens is 583 g/mol. The molecule has 0 fully saturated rings. The van der Waals surface area contributed by atoms with Crippen LogP contribution in [0.3, 0.4) is 0 Å². The Hall–Kier alpha value is -4.04. The summed E-state index contributed by atoms with van der Waals surface area (Å²) in [5.41, 5.74) is 3.25. The number of para-hydroxylation sites is 1. The van der Waals surface area contributed by atoms with Crippen LogP contribution < -0.4 is 20.3 Å². The van der Waals surface area contributed by atoms with Crippen molar-refractivity contribution in [3.05, 3.63) is 106 Å². The fourth-order valence-corrected chi connectivity index (χ4v) is 4.98. The lowest BCUT2D eigenvalue weighted by molar-refractivity contribution is -0.117. The topological polar surface area (TPSA) is 83.6 Å². The lowest BCUT2D eigenvalue weighted by Gasteiger charge is -2.21. The number of aryl methyl sites for hydroxylation is 1. The van der Waals surface area contributed by atoms with Gasteiger partial charge in [0, 0.05) is 28.4 Å². The number of fused-ring (bicyclic) bond motifs is 2. The van der Waals surface area contributed by atoms with E-state index in [1.54, 1.807) is 19.2 Å². The number of carbonyl (C=O) groups is 2. The Bertz CT molecular complexity index is 1740. The zero-order chi connectivity index (χ0) is 28.2. The largest absolute Gasteiger partial charge is 0.487 e. The van der Waals surface area contributed by atoms with Gasteiger partial charge in [-0.25, -0.2) is 9.78 Å². The maximum atomic E-state index is 13.0. The van der Waals surface area contributed by atoms with Gasteiger partial charge < -0.3 is 20.3 Å². The Kier molecular flexibility index (Phi) is 9.55. The lowest BCUT2D eigenvalue weighted by atomic mass is 10.1. The van der Waals surface area contributed by atoms with Crippen LogP contribution in [-0.2, 0) is 11.4 Å². The highest BCUT2D eigenvalue weighted by Crippen LogP contribution is 2.35. The molecule has 4 aromatic carbocycles. The Labute approximate surface area is 253 Å². The number of hydrogen-bond donors (Lipinski definition) is 2. The second-order valence-electron chi connectivity index (χ2n) is 9.20. The van der Waals surface area contributed by atoms with Gasteiger partial charge >= 0.3 is 6.03 Å². The number of likely N-dealkylation sites (N-methyl/N-ethyl adjacent to an activating group) is 1. The van der Waals surface area contributed by atoms with E-state index in [4.69, 9.17) is 27.9 Å². The van der Waals surface area contributed by atoms with Crippen LogP contribution in [0.5, 0.6) is 5.75 Å². The Morgan fingerprint density at radius 1 is 0.927 bits per heavy atom. The molecule has 0 saturated heterocycles. The number of nitrogens with one attached hydrogen (secondary N) is 2. The van der Waals surface area contributed by atoms with E-state index in [1.165, 1.54) is 4.90 Å². The Morgan fingerprint density at radius 3 is 2.44 bits per heavy atom. The molecule has 10 heteroatoms. The van der Waals surface area contributed by atoms with Crippen molar-refractivity contribution >= 4 is 80.6 Å². The fraction of sp³-hybridized carbons (Fsp3) is 0.129. The van der Waals surface area contributed by atoms with Gasteiger partial charge in [-0.05, 0) is 42.6 Å². The van der Waals surface area contributed by atoms with E-state index < -0.39 is 6.03 Å². The van der Waals surface area contributed by atoms with Crippen molar-refractivity contribution in [2.24, 2.45) is 0 Å². The minimum absolute atomic E-state index is 0. The first-order valence-corrected chi connectivity index (χ1v) is 13.3. The van der Waals surface area contributed by atoms with Crippen LogP contribution in [0.2, 0.25) is 10.0 Å². The van der Waals surface area contributed by atoms with Gasteiger partial charge in [0.05, 0.1) is 34.2 Å². The number of ether oxygens (including phenoxy) is 1. The number of carbonyl (C=O) groups excluding carboxylic acids is 2. The van der Waals surface area contributed by atoms with Gasteiger partial charge in [0.15, 0.2) is 0 Å². The fourth-order valence-electron chi connectivity index (χ4n) is 4.38. The number of hydrogen-bond acceptors (Lipinski definition) is 4. The summed E-state index contributed by atoms with van der Waals surface area (Å²) >= 11 is 13.2. The first-order valence-electron chi connectivity index (χ1n) is 12.6. The van der Waals surface area contributed by atoms with Crippen LogP contribution in [0, 0.1) is 6.92 Å². The quantitative estimate of drug-likeness (QED) is 0.197. The molecule has 0 spiro atoms. The molecular formula is C31H27Cl3N4O3. The molecule has 0 unspecified atom stereocenters. The number of nitrogens with zero attached hydrogens (tertiary/aromatic N) is 2. The monoisotopic (exact) mass is 608 g/mol. The van der Waals surface area contributed by atoms with Crippen LogP contribution in [0.1, 0.15) is 11.3 Å². The number of halogens is 3. The maximum Gasteiger partial charge on any atom is 0.319 e. The second kappa shape index (κ2) is 13.1. The van der Waals surface area contributed by atoms with E-state index in [9.17, 15) is 9.59 Å². The summed E-state index contributed by atoms with van der Waals surface area (Å²) in [4.78, 5) is 31.5. The molecule has 5 rings (SSSR count). The molecule has 2 N–H and O–H groups in total. The summed E-state index contributed by atoms with van der Waals surface area (Å²) in [5, 5.41) is 8.98. The number of benzene rings is 4. The molecule has 1 heterocycles. The Balaban J connectivity index is 0.00000387. The van der Waals surface area contributed by atoms with Gasteiger partial charge in [-0.15, -0.1) is 12.4 Å². The molecule has 0 radical (unpaired) electrons. The van der Waals surface area contributed by atoms with E-state index in [0.717, 1.165) is 27.4 Å². The Morgan fingerprint density at radius 2 is 1.63 bits per heavy atom. The minimum atomic E-state index is -0.492. The zero-order valence-corrected chi connectivity index (χ0v) is 24.6. The summed E-state index contributed by atoms with van der Waals surface area (Å²) < 4.78 is 6.05. The summed E-state index contributed by atoms with van der Waals surface area (Å²) in [5.74, 6) is 0.251. The smallest absolute Gasteiger partial charge is 0.319 e. The third-order valence-corrected chi connectivity index (χ3v) is 7.36. The highest BCUT2D eigenvalue weighted by molar-refractivity contribution is 6.38. The molecule has 0 aliphatic heterocycles.